The molecule has 0 fully saturated rings. The molecule has 4 nitrogen and oxygen atoms in total. The van der Waals surface area contributed by atoms with Gasteiger partial charge in [0.2, 0.25) is 0 Å². The third-order valence-corrected chi connectivity index (χ3v) is 12.9. The Morgan fingerprint density at radius 1 is 0.393 bits per heavy atom. The molecule has 0 amide bonds. The number of para-hydroxylation sites is 1. The fraction of sp³-hybridized carbons (Fsp3) is 0.0893. The SMILES string of the molecule is c1ccc(-c2nc(Cc3ccccc3CCc3cc(CCc4ccc5c(c4)sc4ccccc45)cc(-c4cccc5oc6ccccc6c45)c3)nc(-c3ccccc3)n2)cc1. The minimum atomic E-state index is 0.614. The van der Waals surface area contributed by atoms with Gasteiger partial charge in [-0.2, -0.15) is 0 Å². The third-order valence-electron chi connectivity index (χ3n) is 11.8. The highest BCUT2D eigenvalue weighted by Crippen LogP contribution is 2.38. The molecule has 3 aromatic heterocycles. The molecule has 0 N–H and O–H groups in total. The van der Waals surface area contributed by atoms with Crippen molar-refractivity contribution in [2.24, 2.45) is 0 Å². The molecule has 0 saturated carbocycles. The summed E-state index contributed by atoms with van der Waals surface area (Å²) >= 11 is 1.89. The van der Waals surface area contributed by atoms with Crippen LogP contribution in [0.5, 0.6) is 0 Å². The highest BCUT2D eigenvalue weighted by atomic mass is 32.1. The monoisotopic (exact) mass is 803 g/mol. The Hall–Kier alpha value is -7.21. The highest BCUT2D eigenvalue weighted by Gasteiger charge is 2.16. The molecular formula is C56H41N3OS. The Labute approximate surface area is 358 Å². The molecule has 5 heteroatoms. The van der Waals surface area contributed by atoms with Crippen LogP contribution in [0.3, 0.4) is 0 Å². The summed E-state index contributed by atoms with van der Waals surface area (Å²) in [4.78, 5) is 15.0. The highest BCUT2D eigenvalue weighted by molar-refractivity contribution is 7.25. The smallest absolute Gasteiger partial charge is 0.163 e. The van der Waals surface area contributed by atoms with Crippen molar-refractivity contribution in [1.82, 2.24) is 15.0 Å². The van der Waals surface area contributed by atoms with Crippen LogP contribution in [0, 0.1) is 0 Å². The van der Waals surface area contributed by atoms with Crippen LogP contribution in [0.4, 0.5) is 0 Å². The molecule has 61 heavy (non-hydrogen) atoms. The lowest BCUT2D eigenvalue weighted by Gasteiger charge is -2.14. The van der Waals surface area contributed by atoms with Gasteiger partial charge in [-0.1, -0.05) is 164 Å². The van der Waals surface area contributed by atoms with E-state index < -0.39 is 0 Å². The van der Waals surface area contributed by atoms with Crippen molar-refractivity contribution in [2.75, 3.05) is 0 Å². The summed E-state index contributed by atoms with van der Waals surface area (Å²) in [6.07, 6.45) is 4.32. The maximum atomic E-state index is 6.36. The van der Waals surface area contributed by atoms with E-state index in [4.69, 9.17) is 19.4 Å². The first-order valence-electron chi connectivity index (χ1n) is 21.0. The van der Waals surface area contributed by atoms with Gasteiger partial charge in [-0.25, -0.2) is 15.0 Å². The van der Waals surface area contributed by atoms with Gasteiger partial charge >= 0.3 is 0 Å². The molecule has 0 unspecified atom stereocenters. The average Bonchev–Trinajstić information content (AvgIpc) is 3.89. The molecule has 0 aliphatic carbocycles. The minimum absolute atomic E-state index is 0.614. The van der Waals surface area contributed by atoms with Gasteiger partial charge in [0, 0.05) is 48.5 Å². The summed E-state index contributed by atoms with van der Waals surface area (Å²) in [7, 11) is 0. The number of thiophene rings is 1. The van der Waals surface area contributed by atoms with Crippen molar-refractivity contribution >= 4 is 53.4 Å². The fourth-order valence-electron chi connectivity index (χ4n) is 8.79. The Morgan fingerprint density at radius 2 is 1.00 bits per heavy atom. The first kappa shape index (κ1) is 36.8. The van der Waals surface area contributed by atoms with E-state index in [2.05, 4.69) is 146 Å². The molecule has 11 aromatic rings. The molecule has 292 valence electrons. The minimum Gasteiger partial charge on any atom is -0.456 e. The molecule has 0 radical (unpaired) electrons. The van der Waals surface area contributed by atoms with Gasteiger partial charge in [0.1, 0.15) is 17.0 Å². The molecule has 3 heterocycles. The first-order valence-corrected chi connectivity index (χ1v) is 21.9. The second-order valence-electron chi connectivity index (χ2n) is 15.8. The molecule has 0 saturated heterocycles. The van der Waals surface area contributed by atoms with Crippen molar-refractivity contribution in [3.63, 3.8) is 0 Å². The first-order chi connectivity index (χ1) is 30.2. The number of aromatic nitrogens is 3. The summed E-state index contributed by atoms with van der Waals surface area (Å²) < 4.78 is 9.06. The largest absolute Gasteiger partial charge is 0.456 e. The van der Waals surface area contributed by atoms with E-state index >= 15 is 0 Å². The molecule has 8 aromatic carbocycles. The number of rotatable bonds is 11. The molecule has 0 aliphatic heterocycles. The topological polar surface area (TPSA) is 51.8 Å². The van der Waals surface area contributed by atoms with E-state index in [1.54, 1.807) is 0 Å². The molecule has 11 rings (SSSR count). The molecule has 0 spiro atoms. The van der Waals surface area contributed by atoms with E-state index in [-0.39, 0.29) is 0 Å². The van der Waals surface area contributed by atoms with Gasteiger partial charge in [0.05, 0.1) is 0 Å². The van der Waals surface area contributed by atoms with E-state index in [0.29, 0.717) is 18.1 Å². The van der Waals surface area contributed by atoms with Crippen LogP contribution >= 0.6 is 11.3 Å². The van der Waals surface area contributed by atoms with E-state index in [0.717, 1.165) is 59.2 Å². The van der Waals surface area contributed by atoms with Crippen LogP contribution in [0.1, 0.15) is 33.6 Å². The van der Waals surface area contributed by atoms with Crippen LogP contribution in [0.15, 0.2) is 192 Å². The number of benzene rings is 8. The molecule has 0 aliphatic rings. The zero-order chi connectivity index (χ0) is 40.5. The second kappa shape index (κ2) is 16.1. The number of fused-ring (bicyclic) bond motifs is 6. The van der Waals surface area contributed by atoms with Gasteiger partial charge in [0.25, 0.3) is 0 Å². The zero-order valence-electron chi connectivity index (χ0n) is 33.6. The maximum absolute atomic E-state index is 6.36. The van der Waals surface area contributed by atoms with Gasteiger partial charge in [-0.15, -0.1) is 11.3 Å². The third kappa shape index (κ3) is 7.50. The van der Waals surface area contributed by atoms with E-state index in [9.17, 15) is 0 Å². The van der Waals surface area contributed by atoms with E-state index in [1.165, 1.54) is 64.5 Å². The maximum Gasteiger partial charge on any atom is 0.163 e. The second-order valence-corrected chi connectivity index (χ2v) is 16.9. The number of hydrogen-bond donors (Lipinski definition) is 0. The standard InChI is InChI=1S/C56H41N3OS/c1-3-15-41(16-4-1)55-57-53(58-56(59-55)42-17-5-2-6-18-42)36-43-19-8-7-14-40(43)30-28-39-32-38(27-26-37-29-31-47-46-20-10-12-25-51(46)61-52(47)35-37)33-44(34-39)45-22-13-24-50-54(45)48-21-9-11-23-49(48)60-50/h1-25,29,31-35H,26-28,30,36H2. The van der Waals surface area contributed by atoms with Crippen molar-refractivity contribution in [3.05, 3.63) is 222 Å². The summed E-state index contributed by atoms with van der Waals surface area (Å²) in [6.45, 7) is 0. The fourth-order valence-corrected chi connectivity index (χ4v) is 9.96. The van der Waals surface area contributed by atoms with Crippen LogP contribution in [-0.4, -0.2) is 15.0 Å². The van der Waals surface area contributed by atoms with Crippen molar-refractivity contribution in [1.29, 1.82) is 0 Å². The van der Waals surface area contributed by atoms with Crippen molar-refractivity contribution in [2.45, 2.75) is 32.1 Å². The predicted molar refractivity (Wildman–Crippen MR) is 253 cm³/mol. The lowest BCUT2D eigenvalue weighted by Crippen LogP contribution is -2.06. The van der Waals surface area contributed by atoms with Crippen molar-refractivity contribution < 1.29 is 4.42 Å². The van der Waals surface area contributed by atoms with Crippen molar-refractivity contribution in [3.8, 4) is 33.9 Å². The summed E-state index contributed by atoms with van der Waals surface area (Å²) in [5.41, 5.74) is 12.8. The lowest BCUT2D eigenvalue weighted by atomic mass is 9.91. The van der Waals surface area contributed by atoms with E-state index in [1.807, 2.05) is 53.8 Å². The van der Waals surface area contributed by atoms with Gasteiger partial charge in [-0.3, -0.25) is 0 Å². The zero-order valence-corrected chi connectivity index (χ0v) is 34.4. The number of nitrogens with zero attached hydrogens (tertiary/aromatic N) is 3. The molecule has 0 bridgehead atoms. The van der Waals surface area contributed by atoms with Crippen LogP contribution < -0.4 is 0 Å². The molecule has 0 atom stereocenters. The summed E-state index contributed by atoms with van der Waals surface area (Å²) in [5.74, 6) is 2.14. The number of furan rings is 1. The molecular weight excluding hydrogens is 763 g/mol. The summed E-state index contributed by atoms with van der Waals surface area (Å²) in [5, 5.41) is 5.01. The Balaban J connectivity index is 0.926. The Kier molecular flexibility index (Phi) is 9.72. The predicted octanol–water partition coefficient (Wildman–Crippen LogP) is 14.3. The van der Waals surface area contributed by atoms with Crippen LogP contribution in [-0.2, 0) is 32.1 Å². The lowest BCUT2D eigenvalue weighted by molar-refractivity contribution is 0.669. The number of hydrogen-bond acceptors (Lipinski definition) is 5. The normalized spacial score (nSPS) is 11.6. The van der Waals surface area contributed by atoms with Gasteiger partial charge in [-0.05, 0) is 88.9 Å². The Morgan fingerprint density at radius 3 is 1.77 bits per heavy atom. The quantitative estimate of drug-likeness (QED) is 0.131. The number of aryl methyl sites for hydroxylation is 4. The van der Waals surface area contributed by atoms with Crippen LogP contribution in [0.25, 0.3) is 76.0 Å². The van der Waals surface area contributed by atoms with Gasteiger partial charge in [0.15, 0.2) is 11.6 Å². The summed E-state index contributed by atoms with van der Waals surface area (Å²) in [6, 6.07) is 67.0. The Bertz CT molecular complexity index is 3290. The average molecular weight is 804 g/mol. The van der Waals surface area contributed by atoms with Gasteiger partial charge < -0.3 is 4.42 Å². The van der Waals surface area contributed by atoms with Crippen LogP contribution in [0.2, 0.25) is 0 Å².